The molecule has 2 N–H and O–H groups in total. The van der Waals surface area contributed by atoms with Crippen LogP contribution in [0.15, 0.2) is 60.9 Å². The van der Waals surface area contributed by atoms with Crippen molar-refractivity contribution in [3.63, 3.8) is 0 Å². The smallest absolute Gasteiger partial charge is 0.259 e. The van der Waals surface area contributed by atoms with Gasteiger partial charge in [-0.2, -0.15) is 0 Å². The van der Waals surface area contributed by atoms with E-state index in [4.69, 9.17) is 4.74 Å². The zero-order chi connectivity index (χ0) is 23.4. The van der Waals surface area contributed by atoms with Crippen molar-refractivity contribution in [1.29, 1.82) is 0 Å². The van der Waals surface area contributed by atoms with Gasteiger partial charge in [0.05, 0.1) is 30.9 Å². The molecule has 2 aliphatic rings. The molecular weight excluding hydrogens is 437 g/mol. The first-order valence-electron chi connectivity index (χ1n) is 11.2. The van der Waals surface area contributed by atoms with Gasteiger partial charge in [0.25, 0.3) is 11.8 Å². The number of alkyl halides is 1. The fraction of sp³-hybridized carbons (Fsp3) is 0.231. The highest BCUT2D eigenvalue weighted by Crippen LogP contribution is 2.39. The Balaban J connectivity index is 1.68. The summed E-state index contributed by atoms with van der Waals surface area (Å²) in [5.41, 5.74) is 3.42. The number of hydrogen-bond donors (Lipinski definition) is 2. The molecular formula is C26H22FN3O4. The number of carbonyl (C=O) groups excluding carboxylic acids is 2. The van der Waals surface area contributed by atoms with Gasteiger partial charge in [0.15, 0.2) is 0 Å². The highest BCUT2D eigenvalue weighted by Gasteiger charge is 2.36. The van der Waals surface area contributed by atoms with Gasteiger partial charge in [-0.15, -0.1) is 0 Å². The number of halogens is 1. The molecule has 4 heterocycles. The minimum atomic E-state index is -1.47. The number of fused-ring (bicyclic) bond motifs is 12. The van der Waals surface area contributed by atoms with E-state index >= 15 is 4.39 Å². The van der Waals surface area contributed by atoms with Crippen molar-refractivity contribution in [2.24, 2.45) is 0 Å². The van der Waals surface area contributed by atoms with Gasteiger partial charge in [-0.25, -0.2) is 4.39 Å². The lowest BCUT2D eigenvalue weighted by Crippen LogP contribution is -2.33. The third kappa shape index (κ3) is 3.10. The molecule has 6 rings (SSSR count). The lowest BCUT2D eigenvalue weighted by Gasteiger charge is -2.21. The number of aliphatic hydroxyl groups excluding tert-OH is 1. The average Bonchev–Trinajstić information content (AvgIpc) is 3.47. The van der Waals surface area contributed by atoms with Crippen molar-refractivity contribution in [2.75, 3.05) is 13.2 Å². The SMILES string of the molecule is O=C1NC(=O)C2=C1c1cn(c3ccccc13)CCO[C@H](CO)[C@@H](F)Cn1cc2c2ccccc21. The summed E-state index contributed by atoms with van der Waals surface area (Å²) in [5, 5.41) is 13.8. The van der Waals surface area contributed by atoms with Gasteiger partial charge < -0.3 is 19.0 Å². The number of hydrogen-bond acceptors (Lipinski definition) is 4. The Morgan fingerprint density at radius 1 is 0.912 bits per heavy atom. The van der Waals surface area contributed by atoms with Gasteiger partial charge in [-0.1, -0.05) is 36.4 Å². The second-order valence-corrected chi connectivity index (χ2v) is 8.61. The Kier molecular flexibility index (Phi) is 4.86. The largest absolute Gasteiger partial charge is 0.394 e. The zero-order valence-electron chi connectivity index (χ0n) is 18.2. The van der Waals surface area contributed by atoms with Crippen LogP contribution in [0.2, 0.25) is 0 Å². The maximum atomic E-state index is 15.3. The van der Waals surface area contributed by atoms with Gasteiger partial charge in [-0.05, 0) is 12.1 Å². The highest BCUT2D eigenvalue weighted by atomic mass is 19.1. The number of nitrogens with zero attached hydrogens (tertiary/aromatic N) is 2. The molecule has 0 spiro atoms. The first-order chi connectivity index (χ1) is 16.6. The number of carbonyl (C=O) groups is 2. The summed E-state index contributed by atoms with van der Waals surface area (Å²) in [6.07, 6.45) is 1.10. The minimum Gasteiger partial charge on any atom is -0.394 e. The summed E-state index contributed by atoms with van der Waals surface area (Å²) < 4.78 is 24.7. The number of para-hydroxylation sites is 2. The minimum absolute atomic E-state index is 0.0590. The highest BCUT2D eigenvalue weighted by molar-refractivity contribution is 6.50. The maximum Gasteiger partial charge on any atom is 0.259 e. The van der Waals surface area contributed by atoms with Crippen molar-refractivity contribution < 1.29 is 23.8 Å². The first-order valence-corrected chi connectivity index (χ1v) is 11.2. The molecule has 2 aromatic heterocycles. The Morgan fingerprint density at radius 3 is 2.09 bits per heavy atom. The van der Waals surface area contributed by atoms with Crippen LogP contribution in [-0.4, -0.2) is 51.5 Å². The van der Waals surface area contributed by atoms with E-state index in [9.17, 15) is 14.7 Å². The predicted molar refractivity (Wildman–Crippen MR) is 126 cm³/mol. The second kappa shape index (κ2) is 7.93. The van der Waals surface area contributed by atoms with Crippen LogP contribution in [0.5, 0.6) is 0 Å². The average molecular weight is 459 g/mol. The lowest BCUT2D eigenvalue weighted by atomic mass is 9.95. The molecule has 2 atom stereocenters. The molecule has 172 valence electrons. The molecule has 0 radical (unpaired) electrons. The van der Waals surface area contributed by atoms with E-state index in [2.05, 4.69) is 5.32 Å². The summed E-state index contributed by atoms with van der Waals surface area (Å²) in [6, 6.07) is 15.0. The van der Waals surface area contributed by atoms with Crippen molar-refractivity contribution >= 4 is 44.8 Å². The predicted octanol–water partition coefficient (Wildman–Crippen LogP) is 2.89. The van der Waals surface area contributed by atoms with E-state index in [1.165, 1.54) is 0 Å². The maximum absolute atomic E-state index is 15.3. The second-order valence-electron chi connectivity index (χ2n) is 8.61. The quantitative estimate of drug-likeness (QED) is 0.429. The first kappa shape index (κ1) is 20.8. The number of amides is 2. The summed E-state index contributed by atoms with van der Waals surface area (Å²) in [4.78, 5) is 26.2. The van der Waals surface area contributed by atoms with E-state index in [0.717, 1.165) is 21.8 Å². The third-order valence-electron chi connectivity index (χ3n) is 6.67. The third-order valence-corrected chi connectivity index (χ3v) is 6.67. The summed E-state index contributed by atoms with van der Waals surface area (Å²) in [6.45, 7) is 0.0701. The molecule has 2 aliphatic heterocycles. The van der Waals surface area contributed by atoms with Crippen molar-refractivity contribution in [3.05, 3.63) is 72.1 Å². The Bertz CT molecular complexity index is 1500. The molecule has 34 heavy (non-hydrogen) atoms. The number of imide groups is 1. The zero-order valence-corrected chi connectivity index (χ0v) is 18.2. The van der Waals surface area contributed by atoms with Gasteiger partial charge in [-0.3, -0.25) is 14.9 Å². The van der Waals surface area contributed by atoms with Crippen LogP contribution >= 0.6 is 0 Å². The Hall–Kier alpha value is -3.75. The van der Waals surface area contributed by atoms with Crippen LogP contribution in [0.4, 0.5) is 4.39 Å². The van der Waals surface area contributed by atoms with E-state index in [-0.39, 0.29) is 18.7 Å². The van der Waals surface area contributed by atoms with Crippen molar-refractivity contribution in [3.8, 4) is 0 Å². The van der Waals surface area contributed by atoms with Crippen LogP contribution < -0.4 is 5.32 Å². The molecule has 7 nitrogen and oxygen atoms in total. The lowest BCUT2D eigenvalue weighted by molar-refractivity contribution is -0.122. The van der Waals surface area contributed by atoms with Crippen LogP contribution in [-0.2, 0) is 27.4 Å². The fourth-order valence-corrected chi connectivity index (χ4v) is 5.08. The van der Waals surface area contributed by atoms with Gasteiger partial charge in [0.1, 0.15) is 12.3 Å². The summed E-state index contributed by atoms with van der Waals surface area (Å²) in [7, 11) is 0. The molecule has 8 heteroatoms. The Labute approximate surface area is 194 Å². The van der Waals surface area contributed by atoms with Crippen LogP contribution in [0.3, 0.4) is 0 Å². The molecule has 2 amide bonds. The number of aromatic nitrogens is 2. The molecule has 0 unspecified atom stereocenters. The van der Waals surface area contributed by atoms with E-state index in [1.807, 2.05) is 59.3 Å². The monoisotopic (exact) mass is 459 g/mol. The van der Waals surface area contributed by atoms with Crippen molar-refractivity contribution in [1.82, 2.24) is 14.5 Å². The molecule has 0 saturated heterocycles. The van der Waals surface area contributed by atoms with Crippen LogP contribution in [0, 0.1) is 0 Å². The van der Waals surface area contributed by atoms with E-state index in [1.54, 1.807) is 10.8 Å². The number of aliphatic hydroxyl groups is 1. The number of ether oxygens (including phenoxy) is 1. The summed E-state index contributed by atoms with van der Waals surface area (Å²) in [5.74, 6) is -0.924. The van der Waals surface area contributed by atoms with Crippen LogP contribution in [0.1, 0.15) is 11.1 Å². The van der Waals surface area contributed by atoms with Crippen molar-refractivity contribution in [2.45, 2.75) is 25.4 Å². The van der Waals surface area contributed by atoms with E-state index < -0.39 is 30.7 Å². The molecule has 0 saturated carbocycles. The number of nitrogens with one attached hydrogen (secondary N) is 1. The van der Waals surface area contributed by atoms with E-state index in [0.29, 0.717) is 23.2 Å². The molecule has 2 aromatic carbocycles. The molecule has 4 bridgehead atoms. The van der Waals surface area contributed by atoms with Gasteiger partial charge in [0.2, 0.25) is 0 Å². The molecule has 4 aromatic rings. The number of benzene rings is 2. The topological polar surface area (TPSA) is 85.5 Å². The normalized spacial score (nSPS) is 21.1. The fourth-order valence-electron chi connectivity index (χ4n) is 5.08. The molecule has 0 fully saturated rings. The van der Waals surface area contributed by atoms with Crippen LogP contribution in [0.25, 0.3) is 33.0 Å². The Morgan fingerprint density at radius 2 is 1.47 bits per heavy atom. The van der Waals surface area contributed by atoms with Gasteiger partial charge >= 0.3 is 0 Å². The number of rotatable bonds is 1. The van der Waals surface area contributed by atoms with Gasteiger partial charge in [0, 0.05) is 51.9 Å². The molecule has 0 aliphatic carbocycles. The summed E-state index contributed by atoms with van der Waals surface area (Å²) >= 11 is 0. The standard InChI is InChI=1S/C26H22FN3O4/c27-19-13-30-12-18(16-6-2-4-8-21(16)30)24-23(25(32)28-26(24)33)17-11-29(9-10-34-22(19)14-31)20-7-3-1-5-15(17)20/h1-8,11-12,19,22,31H,9-10,13-14H2,(H,28,32,33)/t19-,22+/m0/s1.